The van der Waals surface area contributed by atoms with Gasteiger partial charge in [-0.3, -0.25) is 4.79 Å². The molecular formula is C13H18ClFN2O. The van der Waals surface area contributed by atoms with Crippen molar-refractivity contribution in [1.82, 2.24) is 4.90 Å². The Morgan fingerprint density at radius 2 is 2.11 bits per heavy atom. The highest BCUT2D eigenvalue weighted by Crippen LogP contribution is 2.19. The SMILES string of the molecule is CN(CC(C)(C)CN)C(=O)c1ccc(Cl)cc1F. The number of amides is 1. The fraction of sp³-hybridized carbons (Fsp3) is 0.462. The van der Waals surface area contributed by atoms with Crippen molar-refractivity contribution in [2.24, 2.45) is 11.1 Å². The summed E-state index contributed by atoms with van der Waals surface area (Å²) >= 11 is 5.65. The van der Waals surface area contributed by atoms with E-state index in [-0.39, 0.29) is 21.9 Å². The molecule has 0 saturated carbocycles. The number of nitrogens with two attached hydrogens (primary N) is 1. The van der Waals surface area contributed by atoms with Gasteiger partial charge in [0.15, 0.2) is 0 Å². The van der Waals surface area contributed by atoms with E-state index in [4.69, 9.17) is 17.3 Å². The minimum absolute atomic E-state index is 0.0229. The van der Waals surface area contributed by atoms with Gasteiger partial charge in [-0.25, -0.2) is 4.39 Å². The molecule has 1 rings (SSSR count). The first-order chi connectivity index (χ1) is 8.26. The van der Waals surface area contributed by atoms with Gasteiger partial charge >= 0.3 is 0 Å². The fourth-order valence-corrected chi connectivity index (χ4v) is 1.81. The molecule has 3 nitrogen and oxygen atoms in total. The van der Waals surface area contributed by atoms with Gasteiger partial charge in [-0.2, -0.15) is 0 Å². The van der Waals surface area contributed by atoms with Crippen molar-refractivity contribution in [3.05, 3.63) is 34.6 Å². The Labute approximate surface area is 112 Å². The lowest BCUT2D eigenvalue weighted by molar-refractivity contribution is 0.0736. The van der Waals surface area contributed by atoms with Gasteiger partial charge in [0.25, 0.3) is 5.91 Å². The Morgan fingerprint density at radius 1 is 1.50 bits per heavy atom. The van der Waals surface area contributed by atoms with E-state index in [2.05, 4.69) is 0 Å². The van der Waals surface area contributed by atoms with Crippen LogP contribution in [0.2, 0.25) is 5.02 Å². The number of carbonyl (C=O) groups excluding carboxylic acids is 1. The Balaban J connectivity index is 2.87. The largest absolute Gasteiger partial charge is 0.341 e. The van der Waals surface area contributed by atoms with E-state index in [9.17, 15) is 9.18 Å². The van der Waals surface area contributed by atoms with E-state index in [1.165, 1.54) is 17.0 Å². The summed E-state index contributed by atoms with van der Waals surface area (Å²) in [5.41, 5.74) is 5.44. The van der Waals surface area contributed by atoms with Crippen LogP contribution in [-0.2, 0) is 0 Å². The highest BCUT2D eigenvalue weighted by molar-refractivity contribution is 6.30. The predicted molar refractivity (Wildman–Crippen MR) is 71.2 cm³/mol. The summed E-state index contributed by atoms with van der Waals surface area (Å²) in [5.74, 6) is -0.976. The summed E-state index contributed by atoms with van der Waals surface area (Å²) in [4.78, 5) is 13.5. The third-order valence-corrected chi connectivity index (χ3v) is 2.96. The molecule has 0 fully saturated rings. The standard InChI is InChI=1S/C13H18ClFN2O/c1-13(2,7-16)8-17(3)12(18)10-5-4-9(14)6-11(10)15/h4-6H,7-8,16H2,1-3H3. The molecule has 0 unspecified atom stereocenters. The van der Waals surface area contributed by atoms with Crippen LogP contribution in [-0.4, -0.2) is 30.9 Å². The number of hydrogen-bond acceptors (Lipinski definition) is 2. The van der Waals surface area contributed by atoms with Gasteiger partial charge in [-0.05, 0) is 30.2 Å². The summed E-state index contributed by atoms with van der Waals surface area (Å²) in [7, 11) is 1.63. The molecule has 0 radical (unpaired) electrons. The molecule has 2 N–H and O–H groups in total. The van der Waals surface area contributed by atoms with Crippen LogP contribution >= 0.6 is 11.6 Å². The van der Waals surface area contributed by atoms with E-state index in [1.807, 2.05) is 13.8 Å². The maximum atomic E-state index is 13.6. The van der Waals surface area contributed by atoms with Crippen molar-refractivity contribution >= 4 is 17.5 Å². The highest BCUT2D eigenvalue weighted by Gasteiger charge is 2.23. The quantitative estimate of drug-likeness (QED) is 0.916. The second-order valence-electron chi connectivity index (χ2n) is 5.15. The molecule has 5 heteroatoms. The van der Waals surface area contributed by atoms with Crippen molar-refractivity contribution in [1.29, 1.82) is 0 Å². The highest BCUT2D eigenvalue weighted by atomic mass is 35.5. The first-order valence-electron chi connectivity index (χ1n) is 5.67. The number of rotatable bonds is 4. The van der Waals surface area contributed by atoms with E-state index >= 15 is 0 Å². The van der Waals surface area contributed by atoms with Gasteiger partial charge in [0.05, 0.1) is 5.56 Å². The zero-order chi connectivity index (χ0) is 13.9. The van der Waals surface area contributed by atoms with Crippen LogP contribution in [0.4, 0.5) is 4.39 Å². The molecule has 18 heavy (non-hydrogen) atoms. The number of benzene rings is 1. The fourth-order valence-electron chi connectivity index (χ4n) is 1.65. The topological polar surface area (TPSA) is 46.3 Å². The summed E-state index contributed by atoms with van der Waals surface area (Å²) in [6, 6.07) is 4.03. The van der Waals surface area contributed by atoms with Crippen molar-refractivity contribution in [3.63, 3.8) is 0 Å². The number of halogens is 2. The second-order valence-corrected chi connectivity index (χ2v) is 5.59. The van der Waals surface area contributed by atoms with Crippen LogP contribution in [0.25, 0.3) is 0 Å². The number of carbonyl (C=O) groups is 1. The maximum absolute atomic E-state index is 13.6. The van der Waals surface area contributed by atoms with Crippen LogP contribution in [0.1, 0.15) is 24.2 Å². The smallest absolute Gasteiger partial charge is 0.256 e. The van der Waals surface area contributed by atoms with Crippen molar-refractivity contribution in [2.75, 3.05) is 20.1 Å². The molecule has 0 aliphatic heterocycles. The van der Waals surface area contributed by atoms with E-state index in [1.54, 1.807) is 7.05 Å². The normalized spacial score (nSPS) is 11.4. The van der Waals surface area contributed by atoms with Gasteiger partial charge in [0, 0.05) is 18.6 Å². The molecule has 100 valence electrons. The molecular weight excluding hydrogens is 255 g/mol. The molecule has 0 heterocycles. The van der Waals surface area contributed by atoms with E-state index in [0.717, 1.165) is 6.07 Å². The average Bonchev–Trinajstić information content (AvgIpc) is 2.27. The first kappa shape index (κ1) is 14.9. The van der Waals surface area contributed by atoms with Crippen LogP contribution < -0.4 is 5.73 Å². The second kappa shape index (κ2) is 5.67. The zero-order valence-corrected chi connectivity index (χ0v) is 11.6. The van der Waals surface area contributed by atoms with Crippen LogP contribution in [0.15, 0.2) is 18.2 Å². The summed E-state index contributed by atoms with van der Waals surface area (Å²) in [5, 5.41) is 0.272. The van der Waals surface area contributed by atoms with Crippen LogP contribution in [0, 0.1) is 11.2 Å². The van der Waals surface area contributed by atoms with E-state index < -0.39 is 5.82 Å². The summed E-state index contributed by atoms with van der Waals surface area (Å²) in [6.45, 7) is 4.82. The predicted octanol–water partition coefficient (Wildman–Crippen LogP) is 2.54. The molecule has 0 aliphatic rings. The zero-order valence-electron chi connectivity index (χ0n) is 10.8. The monoisotopic (exact) mass is 272 g/mol. The Morgan fingerprint density at radius 3 is 2.61 bits per heavy atom. The molecule has 1 aromatic rings. The molecule has 0 aromatic heterocycles. The van der Waals surface area contributed by atoms with Crippen molar-refractivity contribution in [2.45, 2.75) is 13.8 Å². The van der Waals surface area contributed by atoms with Gasteiger partial charge < -0.3 is 10.6 Å². The molecule has 0 bridgehead atoms. The lowest BCUT2D eigenvalue weighted by Crippen LogP contribution is -2.40. The Bertz CT molecular complexity index is 449. The Hall–Kier alpha value is -1.13. The van der Waals surface area contributed by atoms with Gasteiger partial charge in [0.1, 0.15) is 5.82 Å². The molecule has 0 spiro atoms. The summed E-state index contributed by atoms with van der Waals surface area (Å²) in [6.07, 6.45) is 0. The van der Waals surface area contributed by atoms with Crippen LogP contribution in [0.3, 0.4) is 0 Å². The number of nitrogens with zero attached hydrogens (tertiary/aromatic N) is 1. The average molecular weight is 273 g/mol. The minimum Gasteiger partial charge on any atom is -0.341 e. The van der Waals surface area contributed by atoms with Crippen molar-refractivity contribution < 1.29 is 9.18 Å². The number of hydrogen-bond donors (Lipinski definition) is 1. The lowest BCUT2D eigenvalue weighted by Gasteiger charge is -2.29. The molecule has 0 saturated heterocycles. The van der Waals surface area contributed by atoms with Gasteiger partial charge in [-0.1, -0.05) is 25.4 Å². The lowest BCUT2D eigenvalue weighted by atomic mass is 9.93. The maximum Gasteiger partial charge on any atom is 0.256 e. The minimum atomic E-state index is -0.607. The first-order valence-corrected chi connectivity index (χ1v) is 6.05. The third-order valence-electron chi connectivity index (χ3n) is 2.73. The van der Waals surface area contributed by atoms with Gasteiger partial charge in [0.2, 0.25) is 0 Å². The van der Waals surface area contributed by atoms with Crippen LogP contribution in [0.5, 0.6) is 0 Å². The van der Waals surface area contributed by atoms with Crippen molar-refractivity contribution in [3.8, 4) is 0 Å². The molecule has 1 amide bonds. The molecule has 0 aliphatic carbocycles. The molecule has 0 atom stereocenters. The Kier molecular flexibility index (Phi) is 4.71. The van der Waals surface area contributed by atoms with Gasteiger partial charge in [-0.15, -0.1) is 0 Å². The third kappa shape index (κ3) is 3.68. The van der Waals surface area contributed by atoms with E-state index in [0.29, 0.717) is 13.1 Å². The summed E-state index contributed by atoms with van der Waals surface area (Å²) < 4.78 is 13.6. The molecule has 1 aromatic carbocycles.